The summed E-state index contributed by atoms with van der Waals surface area (Å²) < 4.78 is 12.9. The number of aromatic hydroxyl groups is 1. The first-order valence-electron chi connectivity index (χ1n) is 35.4. The Morgan fingerprint density at radius 3 is 2.41 bits per heavy atom. The van der Waals surface area contributed by atoms with Crippen LogP contribution in [0.25, 0.3) is 0 Å². The number of allylic oxidation sites excluding steroid dienone is 6. The predicted molar refractivity (Wildman–Crippen MR) is 370 cm³/mol. The van der Waals surface area contributed by atoms with Gasteiger partial charge in [-0.05, 0) is 195 Å². The van der Waals surface area contributed by atoms with Gasteiger partial charge >= 0.3 is 0 Å². The van der Waals surface area contributed by atoms with E-state index in [0.717, 1.165) is 65.6 Å². The molecule has 14 heteroatoms. The lowest BCUT2D eigenvalue weighted by Crippen LogP contribution is -2.66. The Balaban J connectivity index is 0.906. The van der Waals surface area contributed by atoms with Crippen LogP contribution < -0.4 is 15.8 Å². The predicted octanol–water partition coefficient (Wildman–Crippen LogP) is 11.7. The summed E-state index contributed by atoms with van der Waals surface area (Å²) in [5.41, 5.74) is 16.8. The number of phenolic OH excluding ortho intramolecular Hbond substituents is 1. The van der Waals surface area contributed by atoms with Crippen molar-refractivity contribution in [2.24, 2.45) is 87.6 Å². The molecule has 4 aromatic rings. The first-order chi connectivity index (χ1) is 45.4. The average Bonchev–Trinajstić information content (AvgIpc) is 1.04. The number of nitrogens with two attached hydrogens (primary N) is 1. The van der Waals surface area contributed by atoms with Crippen molar-refractivity contribution >= 4 is 21.6 Å². The minimum absolute atomic E-state index is 0.0204. The Hall–Kier alpha value is -5.18. The summed E-state index contributed by atoms with van der Waals surface area (Å²) in [6.45, 7) is 3.01. The number of dihydropyridines is 1. The standard InChI is InChI=1S/C79H99N3O9S2/c1-3-46-31-53-36-69(87)71(91-72-37-54(32-56-19-11-28-81-56)58-26-29-82-77(80)64(58)45-93-92-44-55(42-83)76(72)89)39-60(53)61-38-70(88)74-51(34-59(46)61)25-27-78-41-63(47-13-5-4-6-14-47)66-35-50-17-8-7-16-49(50)33-62-57-20-10-9-15-48(57)21-22-65(62)79(66,73(78)43-84)40-52(18-12-30-90-2)75(78)68(86)24-23-67(74)85/h4-8,11,13-14,16-17,19,21-22,26,28,34,36,39-40,46,48,51,54-55,57,61-63,65-68,70,72-76,81-89H,3,9-10,12,15,18,20,23-24,29-33,35,37-38,41-45,80H2,1-2H3. The molecule has 1 aromatic heterocycles. The Bertz CT molecular complexity index is 3540. The maximum Gasteiger partial charge on any atom is 0.161 e. The van der Waals surface area contributed by atoms with E-state index in [1.54, 1.807) is 28.7 Å². The fourth-order valence-corrected chi connectivity index (χ4v) is 23.4. The number of aromatic nitrogens is 1. The lowest BCUT2D eigenvalue weighted by atomic mass is 9.35. The van der Waals surface area contributed by atoms with Gasteiger partial charge in [-0.2, -0.15) is 0 Å². The van der Waals surface area contributed by atoms with E-state index in [1.807, 2.05) is 24.4 Å². The highest BCUT2D eigenvalue weighted by molar-refractivity contribution is 8.76. The van der Waals surface area contributed by atoms with Crippen molar-refractivity contribution in [3.8, 4) is 23.3 Å². The number of fused-ring (bicyclic) bond motifs is 9. The fourth-order valence-electron chi connectivity index (χ4n) is 20.9. The number of H-pyrrole nitrogens is 1. The molecule has 93 heavy (non-hydrogen) atoms. The third-order valence-corrected chi connectivity index (χ3v) is 27.5. The largest absolute Gasteiger partial charge is 0.504 e. The number of phenols is 1. The Labute approximate surface area is 558 Å². The molecule has 3 heterocycles. The van der Waals surface area contributed by atoms with Crippen LogP contribution in [0.1, 0.15) is 129 Å². The van der Waals surface area contributed by atoms with Crippen LogP contribution in [0.3, 0.4) is 0 Å². The molecule has 14 rings (SSSR count). The zero-order chi connectivity index (χ0) is 64.1. The smallest absolute Gasteiger partial charge is 0.161 e. The topological polar surface area (TPSA) is 214 Å². The van der Waals surface area contributed by atoms with Crippen LogP contribution in [0.15, 0.2) is 144 Å². The van der Waals surface area contributed by atoms with Gasteiger partial charge in [-0.25, -0.2) is 0 Å². The van der Waals surface area contributed by atoms with Crippen LogP contribution in [-0.4, -0.2) is 116 Å². The van der Waals surface area contributed by atoms with Gasteiger partial charge in [-0.15, -0.1) is 0 Å². The van der Waals surface area contributed by atoms with Crippen molar-refractivity contribution < 1.29 is 45.2 Å². The number of rotatable bonds is 12. The van der Waals surface area contributed by atoms with Crippen molar-refractivity contribution in [1.29, 1.82) is 0 Å². The molecule has 8 aliphatic carbocycles. The lowest BCUT2D eigenvalue weighted by Gasteiger charge is -2.68. The molecule has 11 N–H and O–H groups in total. The normalized spacial score (nSPS) is 38.0. The number of hydrogen-bond donors (Lipinski definition) is 10. The number of aliphatic hydroxyl groups excluding tert-OH is 6. The number of methoxy groups -OCH3 is 1. The molecule has 0 radical (unpaired) electrons. The maximum atomic E-state index is 13.4. The number of aliphatic hydroxyl groups is 6. The second-order valence-corrected chi connectivity index (χ2v) is 32.1. The highest BCUT2D eigenvalue weighted by atomic mass is 33.1. The summed E-state index contributed by atoms with van der Waals surface area (Å²) in [5.74, 6) is 8.79. The molecular formula is C79H99N3O9S2. The van der Waals surface area contributed by atoms with Crippen LogP contribution >= 0.6 is 21.6 Å². The molecule has 2 aliphatic heterocycles. The summed E-state index contributed by atoms with van der Waals surface area (Å²) in [7, 11) is 5.02. The van der Waals surface area contributed by atoms with Gasteiger partial charge in [0.2, 0.25) is 0 Å². The Morgan fingerprint density at radius 1 is 0.817 bits per heavy atom. The Morgan fingerprint density at radius 2 is 1.62 bits per heavy atom. The molecule has 10 aliphatic rings. The number of ether oxygens (including phenoxy) is 2. The molecule has 21 atom stereocenters. The minimum atomic E-state index is -1.09. The quantitative estimate of drug-likeness (QED) is 0.0277. The molecule has 3 aromatic carbocycles. The molecule has 12 nitrogen and oxygen atoms in total. The summed E-state index contributed by atoms with van der Waals surface area (Å²) in [4.78, 5) is 3.40. The van der Waals surface area contributed by atoms with Crippen LogP contribution in [0.5, 0.6) is 11.5 Å². The molecule has 0 amide bonds. The number of aromatic amines is 1. The van der Waals surface area contributed by atoms with E-state index in [0.29, 0.717) is 86.8 Å². The van der Waals surface area contributed by atoms with Crippen molar-refractivity contribution in [1.82, 2.24) is 10.3 Å². The van der Waals surface area contributed by atoms with Crippen LogP contribution in [-0.2, 0) is 30.4 Å². The van der Waals surface area contributed by atoms with E-state index in [4.69, 9.17) is 15.2 Å². The van der Waals surface area contributed by atoms with E-state index in [9.17, 15) is 35.7 Å². The van der Waals surface area contributed by atoms with Crippen molar-refractivity contribution in [3.05, 3.63) is 177 Å². The SMILES string of the molecule is CCC1Cc2cc(O)c(OC3CC(Cc4ccc[nH]4)C4=CCNC(N)=C4CSSCC(CO)C3O)cc2C2CC(O)C3C(C#CC45CC(c6ccccc6)C6Cc7ccccc7CC7C8CCCCC8C=CC7C6(C=C(CCCOC)C4C(O)CCC3O)C5CO)C=C12. The fraction of sp³-hybridized carbons (Fsp3) is 0.570. The zero-order valence-electron chi connectivity index (χ0n) is 54.3. The van der Waals surface area contributed by atoms with Gasteiger partial charge in [0.25, 0.3) is 0 Å². The molecule has 3 fully saturated rings. The highest BCUT2D eigenvalue weighted by Gasteiger charge is 2.69. The zero-order valence-corrected chi connectivity index (χ0v) is 56.0. The van der Waals surface area contributed by atoms with E-state index in [1.165, 1.54) is 47.9 Å². The average molecular weight is 1300 g/mol. The molecule has 496 valence electrons. The van der Waals surface area contributed by atoms with Crippen LogP contribution in [0, 0.1) is 93.7 Å². The summed E-state index contributed by atoms with van der Waals surface area (Å²) >= 11 is 0. The van der Waals surface area contributed by atoms with Gasteiger partial charge in [0, 0.05) is 109 Å². The van der Waals surface area contributed by atoms with Gasteiger partial charge in [0.15, 0.2) is 11.5 Å². The van der Waals surface area contributed by atoms with E-state index < -0.39 is 65.0 Å². The van der Waals surface area contributed by atoms with Crippen molar-refractivity contribution in [2.45, 2.75) is 152 Å². The van der Waals surface area contributed by atoms with Crippen molar-refractivity contribution in [2.75, 3.05) is 45.0 Å². The summed E-state index contributed by atoms with van der Waals surface area (Å²) in [6, 6.07) is 28.1. The molecule has 2 saturated carbocycles. The van der Waals surface area contributed by atoms with E-state index >= 15 is 0 Å². The number of hydrogen-bond acceptors (Lipinski definition) is 13. The van der Waals surface area contributed by atoms with Gasteiger partial charge in [0.05, 0.1) is 24.4 Å². The van der Waals surface area contributed by atoms with Crippen molar-refractivity contribution in [3.63, 3.8) is 0 Å². The first kappa shape index (κ1) is 65.1. The molecule has 2 bridgehead atoms. The second kappa shape index (κ2) is 27.7. The summed E-state index contributed by atoms with van der Waals surface area (Å²) in [5, 5.41) is 91.4. The molecule has 1 saturated heterocycles. The first-order valence-corrected chi connectivity index (χ1v) is 37.9. The molecule has 2 spiro atoms. The van der Waals surface area contributed by atoms with Gasteiger partial charge in [0.1, 0.15) is 11.9 Å². The summed E-state index contributed by atoms with van der Waals surface area (Å²) in [6.07, 6.45) is 21.6. The highest BCUT2D eigenvalue weighted by Crippen LogP contribution is 2.73. The van der Waals surface area contributed by atoms with E-state index in [2.05, 4.69) is 120 Å². The minimum Gasteiger partial charge on any atom is -0.504 e. The Kier molecular flexibility index (Phi) is 19.4. The van der Waals surface area contributed by atoms with Gasteiger partial charge < -0.3 is 61.3 Å². The molecule has 21 unspecified atom stereocenters. The number of benzene rings is 3. The van der Waals surface area contributed by atoms with Gasteiger partial charge in [-0.1, -0.05) is 149 Å². The third kappa shape index (κ3) is 12.0. The lowest BCUT2D eigenvalue weighted by molar-refractivity contribution is -0.147. The second-order valence-electron chi connectivity index (χ2n) is 29.6. The van der Waals surface area contributed by atoms with Gasteiger partial charge in [-0.3, -0.25) is 0 Å². The monoisotopic (exact) mass is 1300 g/mol. The van der Waals surface area contributed by atoms with Crippen LogP contribution in [0.4, 0.5) is 0 Å². The third-order valence-electron chi connectivity index (χ3n) is 25.1. The van der Waals surface area contributed by atoms with Crippen LogP contribution in [0.2, 0.25) is 0 Å². The molecular weight excluding hydrogens is 1200 g/mol. The maximum absolute atomic E-state index is 13.4. The number of nitrogens with one attached hydrogen (secondary N) is 2. The van der Waals surface area contributed by atoms with E-state index in [-0.39, 0.29) is 72.6 Å².